The number of ether oxygens (including phenoxy) is 1. The molecule has 1 fully saturated rings. The van der Waals surface area contributed by atoms with Crippen LogP contribution in [-0.2, 0) is 9.53 Å². The number of para-hydroxylation sites is 1. The largest absolute Gasteiger partial charge is 0.444 e. The van der Waals surface area contributed by atoms with Crippen molar-refractivity contribution in [3.8, 4) is 0 Å². The molecule has 22 heavy (non-hydrogen) atoms. The molecule has 0 aliphatic carbocycles. The Labute approximate surface area is 130 Å². The molecule has 2 N–H and O–H groups in total. The van der Waals surface area contributed by atoms with Crippen LogP contribution >= 0.6 is 0 Å². The number of benzene rings is 1. The maximum absolute atomic E-state index is 12.3. The quantitative estimate of drug-likeness (QED) is 0.842. The number of hydrogen-bond acceptors (Lipinski definition) is 4. The summed E-state index contributed by atoms with van der Waals surface area (Å²) in [6, 6.07) is 8.84. The van der Waals surface area contributed by atoms with Gasteiger partial charge in [0.05, 0.1) is 5.69 Å². The van der Waals surface area contributed by atoms with Crippen molar-refractivity contribution < 1.29 is 14.3 Å². The first-order valence-corrected chi connectivity index (χ1v) is 7.47. The van der Waals surface area contributed by atoms with Gasteiger partial charge in [0, 0.05) is 6.54 Å². The van der Waals surface area contributed by atoms with Crippen molar-refractivity contribution in [2.75, 3.05) is 12.0 Å². The molecule has 0 bridgehead atoms. The fourth-order valence-electron chi connectivity index (χ4n) is 2.32. The lowest BCUT2D eigenvalue weighted by Crippen LogP contribution is -2.48. The number of carbonyl (C=O) groups is 2. The van der Waals surface area contributed by atoms with E-state index in [2.05, 4.69) is 10.9 Å². The highest BCUT2D eigenvalue weighted by Crippen LogP contribution is 2.21. The summed E-state index contributed by atoms with van der Waals surface area (Å²) in [5.74, 6) is -0.229. The molecule has 0 radical (unpaired) electrons. The topological polar surface area (TPSA) is 70.7 Å². The van der Waals surface area contributed by atoms with E-state index in [9.17, 15) is 9.59 Å². The fourth-order valence-corrected chi connectivity index (χ4v) is 2.32. The lowest BCUT2D eigenvalue weighted by atomic mass is 10.2. The van der Waals surface area contributed by atoms with E-state index in [1.165, 1.54) is 4.90 Å². The van der Waals surface area contributed by atoms with Gasteiger partial charge < -0.3 is 4.74 Å². The molecule has 1 aromatic rings. The first-order valence-electron chi connectivity index (χ1n) is 7.47. The van der Waals surface area contributed by atoms with E-state index in [-0.39, 0.29) is 5.91 Å². The number of carbonyl (C=O) groups excluding carboxylic acids is 2. The molecule has 1 aliphatic rings. The molecule has 0 aromatic heterocycles. The Hall–Kier alpha value is -2.24. The summed E-state index contributed by atoms with van der Waals surface area (Å²) in [5.41, 5.74) is 5.72. The summed E-state index contributed by atoms with van der Waals surface area (Å²) < 4.78 is 5.35. The molecule has 6 nitrogen and oxygen atoms in total. The minimum Gasteiger partial charge on any atom is -0.444 e. The van der Waals surface area contributed by atoms with Crippen LogP contribution in [0.1, 0.15) is 33.6 Å². The predicted octanol–water partition coefficient (Wildman–Crippen LogP) is 2.53. The van der Waals surface area contributed by atoms with Crippen LogP contribution in [0.25, 0.3) is 0 Å². The average Bonchev–Trinajstić information content (AvgIpc) is 2.93. The van der Waals surface area contributed by atoms with Gasteiger partial charge in [0.15, 0.2) is 0 Å². The molecule has 120 valence electrons. The lowest BCUT2D eigenvalue weighted by molar-refractivity contribution is -0.124. The molecule has 6 heteroatoms. The van der Waals surface area contributed by atoms with Gasteiger partial charge in [-0.3, -0.25) is 20.5 Å². The molecule has 2 rings (SSSR count). The fraction of sp³-hybridized carbons (Fsp3) is 0.500. The molecule has 0 saturated carbocycles. The Morgan fingerprint density at radius 1 is 1.23 bits per heavy atom. The minimum atomic E-state index is -0.566. The van der Waals surface area contributed by atoms with Crippen LogP contribution in [0.3, 0.4) is 0 Å². The van der Waals surface area contributed by atoms with Gasteiger partial charge in [0.1, 0.15) is 11.6 Å². The maximum Gasteiger partial charge on any atom is 0.410 e. The number of nitrogens with zero attached hydrogens (tertiary/aromatic N) is 1. The SMILES string of the molecule is CC(C)(C)OC(=O)N1CCC[C@H]1C(=O)NNc1ccccc1. The van der Waals surface area contributed by atoms with Crippen LogP contribution in [0.2, 0.25) is 0 Å². The molecule has 1 atom stereocenters. The van der Waals surface area contributed by atoms with E-state index >= 15 is 0 Å². The zero-order chi connectivity index (χ0) is 16.2. The minimum absolute atomic E-state index is 0.229. The number of nitrogens with one attached hydrogen (secondary N) is 2. The Balaban J connectivity index is 1.92. The smallest absolute Gasteiger partial charge is 0.410 e. The monoisotopic (exact) mass is 305 g/mol. The third-order valence-electron chi connectivity index (χ3n) is 3.29. The number of hydrazine groups is 1. The average molecular weight is 305 g/mol. The highest BCUT2D eigenvalue weighted by Gasteiger charge is 2.36. The molecule has 2 amide bonds. The van der Waals surface area contributed by atoms with Crippen LogP contribution in [0.15, 0.2) is 30.3 Å². The van der Waals surface area contributed by atoms with Gasteiger partial charge in [0.25, 0.3) is 5.91 Å². The van der Waals surface area contributed by atoms with Gasteiger partial charge in [-0.25, -0.2) is 4.79 Å². The highest BCUT2D eigenvalue weighted by atomic mass is 16.6. The van der Waals surface area contributed by atoms with Gasteiger partial charge in [-0.15, -0.1) is 0 Å². The van der Waals surface area contributed by atoms with Crippen LogP contribution in [0.4, 0.5) is 10.5 Å². The van der Waals surface area contributed by atoms with Crippen LogP contribution in [0, 0.1) is 0 Å². The van der Waals surface area contributed by atoms with Crippen molar-refractivity contribution >= 4 is 17.7 Å². The molecule has 1 aromatic carbocycles. The van der Waals surface area contributed by atoms with Crippen molar-refractivity contribution in [3.63, 3.8) is 0 Å². The van der Waals surface area contributed by atoms with Crippen molar-refractivity contribution in [1.82, 2.24) is 10.3 Å². The van der Waals surface area contributed by atoms with Crippen molar-refractivity contribution in [1.29, 1.82) is 0 Å². The van der Waals surface area contributed by atoms with E-state index < -0.39 is 17.7 Å². The zero-order valence-corrected chi connectivity index (χ0v) is 13.3. The number of rotatable bonds is 3. The van der Waals surface area contributed by atoms with Crippen LogP contribution in [-0.4, -0.2) is 35.1 Å². The first kappa shape index (κ1) is 16.1. The van der Waals surface area contributed by atoms with E-state index in [0.29, 0.717) is 13.0 Å². The summed E-state index contributed by atoms with van der Waals surface area (Å²) in [5, 5.41) is 0. The number of hydrogen-bond donors (Lipinski definition) is 2. The number of likely N-dealkylation sites (tertiary alicyclic amines) is 1. The normalized spacial score (nSPS) is 18.0. The summed E-state index contributed by atoms with van der Waals surface area (Å²) >= 11 is 0. The second kappa shape index (κ2) is 6.68. The third kappa shape index (κ3) is 4.38. The summed E-state index contributed by atoms with van der Waals surface area (Å²) in [6.07, 6.45) is 0.995. The van der Waals surface area contributed by atoms with E-state index in [4.69, 9.17) is 4.74 Å². The lowest BCUT2D eigenvalue weighted by Gasteiger charge is -2.28. The standard InChI is InChI=1S/C16H23N3O3/c1-16(2,3)22-15(21)19-11-7-10-13(19)14(20)18-17-12-8-5-4-6-9-12/h4-6,8-9,13,17H,7,10-11H2,1-3H3,(H,18,20)/t13-/m0/s1. The Morgan fingerprint density at radius 2 is 1.91 bits per heavy atom. The van der Waals surface area contributed by atoms with E-state index in [1.807, 2.05) is 51.1 Å². The summed E-state index contributed by atoms with van der Waals surface area (Å²) in [4.78, 5) is 25.9. The van der Waals surface area contributed by atoms with Crippen molar-refractivity contribution in [3.05, 3.63) is 30.3 Å². The Kier molecular flexibility index (Phi) is 4.90. The van der Waals surface area contributed by atoms with Crippen molar-refractivity contribution in [2.24, 2.45) is 0 Å². The molecular formula is C16H23N3O3. The first-order chi connectivity index (χ1) is 10.4. The number of amides is 2. The zero-order valence-electron chi connectivity index (χ0n) is 13.3. The Bertz CT molecular complexity index is 525. The second-order valence-corrected chi connectivity index (χ2v) is 6.31. The van der Waals surface area contributed by atoms with E-state index in [1.54, 1.807) is 0 Å². The van der Waals surface area contributed by atoms with Gasteiger partial charge in [0.2, 0.25) is 0 Å². The summed E-state index contributed by atoms with van der Waals surface area (Å²) in [6.45, 7) is 5.98. The third-order valence-corrected chi connectivity index (χ3v) is 3.29. The van der Waals surface area contributed by atoms with Gasteiger partial charge in [-0.2, -0.15) is 0 Å². The van der Waals surface area contributed by atoms with Gasteiger partial charge >= 0.3 is 6.09 Å². The van der Waals surface area contributed by atoms with Gasteiger partial charge in [-0.05, 0) is 45.7 Å². The van der Waals surface area contributed by atoms with Crippen LogP contribution < -0.4 is 10.9 Å². The summed E-state index contributed by atoms with van der Waals surface area (Å²) in [7, 11) is 0. The molecule has 0 spiro atoms. The molecule has 1 aliphatic heterocycles. The van der Waals surface area contributed by atoms with Crippen LogP contribution in [0.5, 0.6) is 0 Å². The Morgan fingerprint density at radius 3 is 2.55 bits per heavy atom. The number of anilines is 1. The van der Waals surface area contributed by atoms with Crippen molar-refractivity contribution in [2.45, 2.75) is 45.3 Å². The second-order valence-electron chi connectivity index (χ2n) is 6.31. The molecule has 0 unspecified atom stereocenters. The van der Waals surface area contributed by atoms with E-state index in [0.717, 1.165) is 12.1 Å². The molecule has 1 heterocycles. The highest BCUT2D eigenvalue weighted by molar-refractivity contribution is 5.87. The molecular weight excluding hydrogens is 282 g/mol. The predicted molar refractivity (Wildman–Crippen MR) is 84.2 cm³/mol. The van der Waals surface area contributed by atoms with Gasteiger partial charge in [-0.1, -0.05) is 18.2 Å². The maximum atomic E-state index is 12.3. The molecule has 1 saturated heterocycles.